The van der Waals surface area contributed by atoms with Crippen molar-refractivity contribution in [2.45, 2.75) is 18.8 Å². The highest BCUT2D eigenvalue weighted by atomic mass is 16.3. The lowest BCUT2D eigenvalue weighted by Crippen LogP contribution is -2.22. The van der Waals surface area contributed by atoms with Gasteiger partial charge < -0.3 is 15.9 Å². The lowest BCUT2D eigenvalue weighted by atomic mass is 10.2. The van der Waals surface area contributed by atoms with E-state index in [2.05, 4.69) is 4.98 Å². The normalized spacial score (nSPS) is 27.1. The summed E-state index contributed by atoms with van der Waals surface area (Å²) in [5.41, 5.74) is 6.60. The van der Waals surface area contributed by atoms with Crippen LogP contribution in [0.25, 0.3) is 0 Å². The third-order valence-electron chi connectivity index (χ3n) is 2.59. The maximum Gasteiger partial charge on any atom is 0.123 e. The molecule has 1 saturated heterocycles. The first kappa shape index (κ1) is 10.4. The van der Waals surface area contributed by atoms with Gasteiger partial charge in [0, 0.05) is 25.8 Å². The highest BCUT2D eigenvalue weighted by Crippen LogP contribution is 2.14. The van der Waals surface area contributed by atoms with Crippen LogP contribution in [0, 0.1) is 0 Å². The predicted molar refractivity (Wildman–Crippen MR) is 55.9 cm³/mol. The standard InChI is InChI=1S/C10H15N3O2/c11-10-3-7(1-2-12-10)4-13-5-8(14)9(15)6-13/h1-3,8-9,14-15H,4-6H2,(H2,11,12). The topological polar surface area (TPSA) is 82.6 Å². The molecule has 4 N–H and O–H groups in total. The van der Waals surface area contributed by atoms with E-state index >= 15 is 0 Å². The minimum atomic E-state index is -0.635. The lowest BCUT2D eigenvalue weighted by molar-refractivity contribution is 0.0572. The first-order valence-corrected chi connectivity index (χ1v) is 4.94. The number of aromatic nitrogens is 1. The van der Waals surface area contributed by atoms with Gasteiger partial charge in [-0.05, 0) is 17.7 Å². The Morgan fingerprint density at radius 3 is 2.67 bits per heavy atom. The fourth-order valence-corrected chi connectivity index (χ4v) is 1.83. The second-order valence-corrected chi connectivity index (χ2v) is 3.92. The molecule has 1 fully saturated rings. The predicted octanol–water partition coefficient (Wildman–Crippen LogP) is -0.799. The van der Waals surface area contributed by atoms with Gasteiger partial charge in [0.15, 0.2) is 0 Å². The Balaban J connectivity index is 1.98. The number of hydrogen-bond donors (Lipinski definition) is 3. The van der Waals surface area contributed by atoms with Crippen LogP contribution in [-0.2, 0) is 6.54 Å². The Labute approximate surface area is 88.2 Å². The molecule has 0 spiro atoms. The fourth-order valence-electron chi connectivity index (χ4n) is 1.83. The number of aliphatic hydroxyl groups excluding tert-OH is 2. The largest absolute Gasteiger partial charge is 0.389 e. The van der Waals surface area contributed by atoms with Gasteiger partial charge in [-0.1, -0.05) is 0 Å². The molecule has 2 atom stereocenters. The summed E-state index contributed by atoms with van der Waals surface area (Å²) in [6.07, 6.45) is 0.390. The molecule has 0 radical (unpaired) electrons. The lowest BCUT2D eigenvalue weighted by Gasteiger charge is -2.14. The SMILES string of the molecule is Nc1cc(CN2CC(O)C(O)C2)ccn1. The van der Waals surface area contributed by atoms with Crippen LogP contribution in [-0.4, -0.2) is 45.4 Å². The highest BCUT2D eigenvalue weighted by Gasteiger charge is 2.29. The van der Waals surface area contributed by atoms with E-state index in [4.69, 9.17) is 5.73 Å². The number of anilines is 1. The van der Waals surface area contributed by atoms with Crippen LogP contribution in [0.15, 0.2) is 18.3 Å². The number of nitrogens with two attached hydrogens (primary N) is 1. The number of pyridine rings is 1. The van der Waals surface area contributed by atoms with Gasteiger partial charge in [0.25, 0.3) is 0 Å². The van der Waals surface area contributed by atoms with Crippen LogP contribution in [0.4, 0.5) is 5.82 Å². The molecule has 0 aliphatic carbocycles. The third kappa shape index (κ3) is 2.44. The summed E-state index contributed by atoms with van der Waals surface area (Å²) in [5, 5.41) is 18.7. The number of β-amino-alcohol motifs (C(OH)–C–C–N with tert-alkyl or cyclic N) is 2. The number of rotatable bonds is 2. The van der Waals surface area contributed by atoms with Crippen LogP contribution in [0.3, 0.4) is 0 Å². The quantitative estimate of drug-likeness (QED) is 0.594. The number of hydrogen-bond acceptors (Lipinski definition) is 5. The van der Waals surface area contributed by atoms with Gasteiger partial charge in [0.05, 0.1) is 12.2 Å². The Bertz CT molecular complexity index is 335. The summed E-state index contributed by atoms with van der Waals surface area (Å²) < 4.78 is 0. The van der Waals surface area contributed by atoms with E-state index < -0.39 is 12.2 Å². The molecule has 1 aromatic heterocycles. The van der Waals surface area contributed by atoms with E-state index in [1.54, 1.807) is 12.3 Å². The second-order valence-electron chi connectivity index (χ2n) is 3.92. The molecule has 15 heavy (non-hydrogen) atoms. The van der Waals surface area contributed by atoms with Crippen molar-refractivity contribution in [3.63, 3.8) is 0 Å². The molecule has 0 aromatic carbocycles. The summed E-state index contributed by atoms with van der Waals surface area (Å²) in [4.78, 5) is 5.89. The van der Waals surface area contributed by atoms with E-state index in [9.17, 15) is 10.2 Å². The summed E-state index contributed by atoms with van der Waals surface area (Å²) in [6.45, 7) is 1.69. The zero-order chi connectivity index (χ0) is 10.8. The molecule has 0 amide bonds. The van der Waals surface area contributed by atoms with Crippen LogP contribution in [0.5, 0.6) is 0 Å². The minimum absolute atomic E-state index is 0.493. The molecule has 5 nitrogen and oxygen atoms in total. The zero-order valence-corrected chi connectivity index (χ0v) is 8.37. The van der Waals surface area contributed by atoms with E-state index in [0.717, 1.165) is 5.56 Å². The summed E-state index contributed by atoms with van der Waals surface area (Å²) in [7, 11) is 0. The maximum absolute atomic E-state index is 9.37. The highest BCUT2D eigenvalue weighted by molar-refractivity contribution is 5.31. The molecule has 1 aliphatic heterocycles. The monoisotopic (exact) mass is 209 g/mol. The van der Waals surface area contributed by atoms with Gasteiger partial charge in [0.1, 0.15) is 5.82 Å². The van der Waals surface area contributed by atoms with E-state index in [1.165, 1.54) is 0 Å². The molecular formula is C10H15N3O2. The Kier molecular flexibility index (Phi) is 2.86. The van der Waals surface area contributed by atoms with Crippen molar-refractivity contribution in [1.29, 1.82) is 0 Å². The van der Waals surface area contributed by atoms with Crippen molar-refractivity contribution in [3.8, 4) is 0 Å². The summed E-state index contributed by atoms with van der Waals surface area (Å²) in [6, 6.07) is 3.69. The average Bonchev–Trinajstić information content (AvgIpc) is 2.45. The van der Waals surface area contributed by atoms with Crippen molar-refractivity contribution >= 4 is 5.82 Å². The average molecular weight is 209 g/mol. The summed E-state index contributed by atoms with van der Waals surface area (Å²) in [5.74, 6) is 0.493. The second kappa shape index (κ2) is 4.14. The van der Waals surface area contributed by atoms with Crippen molar-refractivity contribution in [2.75, 3.05) is 18.8 Å². The van der Waals surface area contributed by atoms with Crippen LogP contribution < -0.4 is 5.73 Å². The van der Waals surface area contributed by atoms with Gasteiger partial charge in [-0.15, -0.1) is 0 Å². The van der Waals surface area contributed by atoms with Crippen molar-refractivity contribution < 1.29 is 10.2 Å². The van der Waals surface area contributed by atoms with Crippen molar-refractivity contribution in [1.82, 2.24) is 9.88 Å². The zero-order valence-electron chi connectivity index (χ0n) is 8.37. The number of nitrogens with zero attached hydrogens (tertiary/aromatic N) is 2. The maximum atomic E-state index is 9.37. The van der Waals surface area contributed by atoms with E-state index in [0.29, 0.717) is 25.5 Å². The number of nitrogen functional groups attached to an aromatic ring is 1. The van der Waals surface area contributed by atoms with Crippen LogP contribution in [0.2, 0.25) is 0 Å². The van der Waals surface area contributed by atoms with Crippen molar-refractivity contribution in [2.24, 2.45) is 0 Å². The molecular weight excluding hydrogens is 194 g/mol. The van der Waals surface area contributed by atoms with Gasteiger partial charge >= 0.3 is 0 Å². The van der Waals surface area contributed by atoms with Gasteiger partial charge in [0.2, 0.25) is 0 Å². The molecule has 0 bridgehead atoms. The summed E-state index contributed by atoms with van der Waals surface area (Å²) >= 11 is 0. The first-order valence-electron chi connectivity index (χ1n) is 4.94. The molecule has 1 aromatic rings. The number of aliphatic hydroxyl groups is 2. The molecule has 0 saturated carbocycles. The molecule has 2 unspecified atom stereocenters. The Morgan fingerprint density at radius 1 is 1.40 bits per heavy atom. The smallest absolute Gasteiger partial charge is 0.123 e. The van der Waals surface area contributed by atoms with Crippen LogP contribution in [0.1, 0.15) is 5.56 Å². The molecule has 82 valence electrons. The van der Waals surface area contributed by atoms with E-state index in [-0.39, 0.29) is 0 Å². The Hall–Kier alpha value is -1.17. The van der Waals surface area contributed by atoms with Gasteiger partial charge in [-0.25, -0.2) is 4.98 Å². The van der Waals surface area contributed by atoms with Crippen molar-refractivity contribution in [3.05, 3.63) is 23.9 Å². The van der Waals surface area contributed by atoms with Crippen LogP contribution >= 0.6 is 0 Å². The van der Waals surface area contributed by atoms with Gasteiger partial charge in [-0.2, -0.15) is 0 Å². The number of likely N-dealkylation sites (tertiary alicyclic amines) is 1. The first-order chi connectivity index (χ1) is 7.15. The third-order valence-corrected chi connectivity index (χ3v) is 2.59. The molecule has 1 aliphatic rings. The fraction of sp³-hybridized carbons (Fsp3) is 0.500. The minimum Gasteiger partial charge on any atom is -0.389 e. The van der Waals surface area contributed by atoms with Gasteiger partial charge in [-0.3, -0.25) is 4.90 Å². The molecule has 2 rings (SSSR count). The van der Waals surface area contributed by atoms with E-state index in [1.807, 2.05) is 11.0 Å². The molecule has 2 heterocycles. The molecule has 5 heteroatoms. The Morgan fingerprint density at radius 2 is 2.07 bits per heavy atom.